The standard InChI is InChI=1S/C19H14N6O4S/c26-16(10-9-15-20-14-4-2-1-3-13(14)18(27)21-15)24-17(22-23-19(24)30)11-5-7-12(8-6-11)25(28)29/h1-8H,9-10H2,(H,23,30)(H,20,21,27). The van der Waals surface area contributed by atoms with Crippen molar-refractivity contribution >= 4 is 34.7 Å². The van der Waals surface area contributed by atoms with Gasteiger partial charge in [0.05, 0.1) is 15.8 Å². The molecule has 0 saturated heterocycles. The number of nitrogens with zero attached hydrogens (tertiary/aromatic N) is 4. The van der Waals surface area contributed by atoms with Crippen LogP contribution in [0.15, 0.2) is 53.3 Å². The Labute approximate surface area is 173 Å². The fourth-order valence-electron chi connectivity index (χ4n) is 3.04. The summed E-state index contributed by atoms with van der Waals surface area (Å²) in [4.78, 5) is 42.4. The first-order valence-corrected chi connectivity index (χ1v) is 9.28. The summed E-state index contributed by atoms with van der Waals surface area (Å²) in [6, 6.07) is 12.6. The summed E-state index contributed by atoms with van der Waals surface area (Å²) in [5.74, 6) is 0.289. The molecule has 0 aliphatic rings. The fourth-order valence-corrected chi connectivity index (χ4v) is 3.28. The number of H-pyrrole nitrogens is 2. The van der Waals surface area contributed by atoms with E-state index in [1.165, 1.54) is 28.8 Å². The summed E-state index contributed by atoms with van der Waals surface area (Å²) in [6.45, 7) is 0. The lowest BCUT2D eigenvalue weighted by Gasteiger charge is -2.06. The van der Waals surface area contributed by atoms with Gasteiger partial charge < -0.3 is 4.98 Å². The molecule has 2 N–H and O–H groups in total. The molecule has 0 spiro atoms. The molecule has 0 amide bonds. The SMILES string of the molecule is O=C(CCc1nc2ccccc2c(=O)[nH]1)n1c(-c2ccc([N+](=O)[O-])cc2)n[nH]c1=S. The van der Waals surface area contributed by atoms with Crippen molar-refractivity contribution in [2.75, 3.05) is 0 Å². The summed E-state index contributed by atoms with van der Waals surface area (Å²) in [5.41, 5.74) is 0.709. The molecular formula is C19H14N6O4S. The molecule has 0 radical (unpaired) electrons. The van der Waals surface area contributed by atoms with Crippen LogP contribution in [0, 0.1) is 14.9 Å². The van der Waals surface area contributed by atoms with E-state index in [4.69, 9.17) is 12.2 Å². The van der Waals surface area contributed by atoms with Gasteiger partial charge in [0, 0.05) is 30.5 Å². The molecule has 0 bridgehead atoms. The third-order valence-electron chi connectivity index (χ3n) is 4.50. The monoisotopic (exact) mass is 422 g/mol. The molecule has 2 heterocycles. The molecule has 0 aliphatic heterocycles. The minimum atomic E-state index is -0.511. The minimum Gasteiger partial charge on any atom is -0.310 e. The first-order chi connectivity index (χ1) is 14.4. The first kappa shape index (κ1) is 19.3. The van der Waals surface area contributed by atoms with Crippen molar-refractivity contribution in [2.24, 2.45) is 0 Å². The molecule has 10 nitrogen and oxygen atoms in total. The van der Waals surface area contributed by atoms with Gasteiger partial charge in [-0.25, -0.2) is 9.55 Å². The van der Waals surface area contributed by atoms with Crippen LogP contribution in [0.4, 0.5) is 5.69 Å². The average Bonchev–Trinajstić information content (AvgIpc) is 3.13. The largest absolute Gasteiger partial charge is 0.310 e. The number of carbonyl (C=O) groups excluding carboxylic acids is 1. The van der Waals surface area contributed by atoms with Crippen LogP contribution in [0.2, 0.25) is 0 Å². The van der Waals surface area contributed by atoms with Crippen molar-refractivity contribution in [3.8, 4) is 11.4 Å². The number of hydrogen-bond acceptors (Lipinski definition) is 7. The minimum absolute atomic E-state index is 0.0229. The number of benzene rings is 2. The van der Waals surface area contributed by atoms with E-state index in [1.54, 1.807) is 24.3 Å². The van der Waals surface area contributed by atoms with Gasteiger partial charge in [0.1, 0.15) is 5.82 Å². The van der Waals surface area contributed by atoms with Gasteiger partial charge in [-0.15, -0.1) is 0 Å². The maximum Gasteiger partial charge on any atom is 0.269 e. The van der Waals surface area contributed by atoms with E-state index in [-0.39, 0.29) is 40.6 Å². The third kappa shape index (κ3) is 3.65. The topological polar surface area (TPSA) is 140 Å². The van der Waals surface area contributed by atoms with Gasteiger partial charge in [-0.1, -0.05) is 12.1 Å². The maximum atomic E-state index is 12.8. The molecule has 11 heteroatoms. The van der Waals surface area contributed by atoms with E-state index < -0.39 is 4.92 Å². The highest BCUT2D eigenvalue weighted by Gasteiger charge is 2.17. The van der Waals surface area contributed by atoms with E-state index in [0.717, 1.165) is 0 Å². The van der Waals surface area contributed by atoms with Crippen LogP contribution >= 0.6 is 12.2 Å². The highest BCUT2D eigenvalue weighted by atomic mass is 32.1. The van der Waals surface area contributed by atoms with Crippen LogP contribution in [-0.4, -0.2) is 35.6 Å². The number of nitro benzene ring substituents is 1. The molecule has 0 aliphatic carbocycles. The van der Waals surface area contributed by atoms with Crippen LogP contribution in [-0.2, 0) is 6.42 Å². The predicted molar refractivity (Wildman–Crippen MR) is 111 cm³/mol. The van der Waals surface area contributed by atoms with Crippen molar-refractivity contribution in [1.82, 2.24) is 24.7 Å². The quantitative estimate of drug-likeness (QED) is 0.286. The van der Waals surface area contributed by atoms with E-state index in [1.807, 2.05) is 0 Å². The zero-order valence-electron chi connectivity index (χ0n) is 15.4. The smallest absolute Gasteiger partial charge is 0.269 e. The Morgan fingerprint density at radius 3 is 2.63 bits per heavy atom. The summed E-state index contributed by atoms with van der Waals surface area (Å²) in [6.07, 6.45) is 0.223. The number of aromatic amines is 2. The molecule has 4 aromatic rings. The number of nitrogens with one attached hydrogen (secondary N) is 2. The average molecular weight is 422 g/mol. The molecule has 2 aromatic carbocycles. The van der Waals surface area contributed by atoms with Crippen LogP contribution in [0.3, 0.4) is 0 Å². The number of hydrogen-bond donors (Lipinski definition) is 2. The Morgan fingerprint density at radius 2 is 1.90 bits per heavy atom. The molecule has 150 valence electrons. The van der Waals surface area contributed by atoms with Crippen molar-refractivity contribution in [2.45, 2.75) is 12.8 Å². The number of aromatic nitrogens is 5. The van der Waals surface area contributed by atoms with E-state index in [0.29, 0.717) is 22.3 Å². The summed E-state index contributed by atoms with van der Waals surface area (Å²) in [7, 11) is 0. The third-order valence-corrected chi connectivity index (χ3v) is 4.77. The van der Waals surface area contributed by atoms with Gasteiger partial charge in [-0.2, -0.15) is 5.10 Å². The number of rotatable bonds is 5. The van der Waals surface area contributed by atoms with Crippen LogP contribution in [0.25, 0.3) is 22.3 Å². The van der Waals surface area contributed by atoms with Crippen LogP contribution < -0.4 is 5.56 Å². The van der Waals surface area contributed by atoms with Gasteiger partial charge >= 0.3 is 0 Å². The van der Waals surface area contributed by atoms with Crippen LogP contribution in [0.1, 0.15) is 17.0 Å². The van der Waals surface area contributed by atoms with Gasteiger partial charge in [0.2, 0.25) is 10.7 Å². The van der Waals surface area contributed by atoms with Gasteiger partial charge in [0.15, 0.2) is 5.82 Å². The molecular weight excluding hydrogens is 408 g/mol. The predicted octanol–water partition coefficient (Wildman–Crippen LogP) is 3.03. The summed E-state index contributed by atoms with van der Waals surface area (Å²) < 4.78 is 1.34. The first-order valence-electron chi connectivity index (χ1n) is 8.87. The Balaban J connectivity index is 1.59. The molecule has 0 fully saturated rings. The van der Waals surface area contributed by atoms with E-state index >= 15 is 0 Å². The van der Waals surface area contributed by atoms with Crippen molar-refractivity contribution in [3.05, 3.63) is 79.6 Å². The van der Waals surface area contributed by atoms with Gasteiger partial charge in [-0.05, 0) is 36.5 Å². The number of nitro groups is 1. The van der Waals surface area contributed by atoms with E-state index in [2.05, 4.69) is 20.2 Å². The lowest BCUT2D eigenvalue weighted by atomic mass is 10.2. The summed E-state index contributed by atoms with van der Waals surface area (Å²) >= 11 is 5.17. The highest BCUT2D eigenvalue weighted by Crippen LogP contribution is 2.21. The normalized spacial score (nSPS) is 10.9. The van der Waals surface area contributed by atoms with Crippen molar-refractivity contribution in [3.63, 3.8) is 0 Å². The van der Waals surface area contributed by atoms with E-state index in [9.17, 15) is 19.7 Å². The highest BCUT2D eigenvalue weighted by molar-refractivity contribution is 7.71. The second-order valence-electron chi connectivity index (χ2n) is 6.42. The van der Waals surface area contributed by atoms with Gasteiger partial charge in [0.25, 0.3) is 11.2 Å². The fraction of sp³-hybridized carbons (Fsp3) is 0.105. The lowest BCUT2D eigenvalue weighted by molar-refractivity contribution is -0.384. The Bertz CT molecular complexity index is 1390. The zero-order chi connectivity index (χ0) is 21.3. The maximum absolute atomic E-state index is 12.8. The van der Waals surface area contributed by atoms with Crippen molar-refractivity contribution < 1.29 is 9.72 Å². The molecule has 0 atom stereocenters. The lowest BCUT2D eigenvalue weighted by Crippen LogP contribution is -2.16. The number of carbonyl (C=O) groups is 1. The van der Waals surface area contributed by atoms with Crippen LogP contribution in [0.5, 0.6) is 0 Å². The Kier molecular flexibility index (Phi) is 5.02. The number of fused-ring (bicyclic) bond motifs is 1. The van der Waals surface area contributed by atoms with Crippen molar-refractivity contribution in [1.29, 1.82) is 0 Å². The second kappa shape index (κ2) is 7.79. The number of para-hydroxylation sites is 1. The Morgan fingerprint density at radius 1 is 1.17 bits per heavy atom. The molecule has 2 aromatic heterocycles. The second-order valence-corrected chi connectivity index (χ2v) is 6.80. The molecule has 30 heavy (non-hydrogen) atoms. The zero-order valence-corrected chi connectivity index (χ0v) is 16.2. The molecule has 4 rings (SSSR count). The number of non-ortho nitro benzene ring substituents is 1. The Hall–Kier alpha value is -3.99. The number of aryl methyl sites for hydroxylation is 1. The molecule has 0 unspecified atom stereocenters. The summed E-state index contributed by atoms with van der Waals surface area (Å²) in [5, 5.41) is 18.0. The molecule has 0 saturated carbocycles. The van der Waals surface area contributed by atoms with Gasteiger partial charge in [-0.3, -0.25) is 24.8 Å².